The van der Waals surface area contributed by atoms with Gasteiger partial charge in [-0.2, -0.15) is 18.3 Å². The molecule has 0 saturated heterocycles. The van der Waals surface area contributed by atoms with Gasteiger partial charge in [-0.15, -0.1) is 11.3 Å². The summed E-state index contributed by atoms with van der Waals surface area (Å²) in [5.74, 6) is 0.570. The highest BCUT2D eigenvalue weighted by Gasteiger charge is 2.36. The summed E-state index contributed by atoms with van der Waals surface area (Å²) in [6, 6.07) is 11.5. The standard InChI is InChI=1S/C21H15F3N4O3S/c22-21(23,24)18-8-14(17-6-3-7-32-17)27-19-13(10-26-28(18)19)20(29)25-9-12-11-30-15-4-1-2-5-16(15)31-12/h1-8,10,12H,9,11H2,(H,25,29). The number of carbonyl (C=O) groups is 1. The van der Waals surface area contributed by atoms with Crippen LogP contribution in [0.4, 0.5) is 13.2 Å². The van der Waals surface area contributed by atoms with Crippen LogP contribution in [0.3, 0.4) is 0 Å². The van der Waals surface area contributed by atoms with Gasteiger partial charge in [0.15, 0.2) is 22.8 Å². The fraction of sp³-hybridized carbons (Fsp3) is 0.190. The monoisotopic (exact) mass is 460 g/mol. The number of carbonyl (C=O) groups excluding carboxylic acids is 1. The molecule has 11 heteroatoms. The number of nitrogens with one attached hydrogen (secondary N) is 1. The molecule has 1 N–H and O–H groups in total. The highest BCUT2D eigenvalue weighted by atomic mass is 32.1. The molecule has 1 aliphatic rings. The van der Waals surface area contributed by atoms with E-state index in [0.29, 0.717) is 20.9 Å². The van der Waals surface area contributed by atoms with E-state index in [9.17, 15) is 18.0 Å². The fourth-order valence-electron chi connectivity index (χ4n) is 3.34. The van der Waals surface area contributed by atoms with Gasteiger partial charge >= 0.3 is 6.18 Å². The maximum Gasteiger partial charge on any atom is 0.433 e. The number of halogens is 3. The van der Waals surface area contributed by atoms with Crippen LogP contribution in [0.1, 0.15) is 16.1 Å². The van der Waals surface area contributed by atoms with Crippen molar-refractivity contribution in [2.24, 2.45) is 0 Å². The van der Waals surface area contributed by atoms with Gasteiger partial charge in [0.1, 0.15) is 18.3 Å². The van der Waals surface area contributed by atoms with Crippen molar-refractivity contribution in [3.63, 3.8) is 0 Å². The van der Waals surface area contributed by atoms with E-state index < -0.39 is 23.9 Å². The molecule has 0 aliphatic carbocycles. The van der Waals surface area contributed by atoms with Gasteiger partial charge in [0, 0.05) is 0 Å². The lowest BCUT2D eigenvalue weighted by Crippen LogP contribution is -2.40. The first kappa shape index (κ1) is 20.3. The number of benzene rings is 1. The number of hydrogen-bond donors (Lipinski definition) is 1. The number of fused-ring (bicyclic) bond motifs is 2. The first-order chi connectivity index (χ1) is 15.4. The predicted molar refractivity (Wildman–Crippen MR) is 110 cm³/mol. The lowest BCUT2D eigenvalue weighted by atomic mass is 10.2. The Hall–Kier alpha value is -3.60. The molecule has 1 unspecified atom stereocenters. The van der Waals surface area contributed by atoms with Crippen molar-refractivity contribution < 1.29 is 27.4 Å². The van der Waals surface area contributed by atoms with E-state index in [1.54, 1.807) is 35.7 Å². The smallest absolute Gasteiger partial charge is 0.433 e. The Labute approximate surface area is 183 Å². The van der Waals surface area contributed by atoms with Crippen LogP contribution in [0.5, 0.6) is 11.5 Å². The van der Waals surface area contributed by atoms with Crippen molar-refractivity contribution in [3.8, 4) is 22.1 Å². The van der Waals surface area contributed by atoms with E-state index in [0.717, 1.165) is 12.3 Å². The van der Waals surface area contributed by atoms with Crippen LogP contribution in [0.15, 0.2) is 54.0 Å². The molecule has 7 nitrogen and oxygen atoms in total. The van der Waals surface area contributed by atoms with Crippen molar-refractivity contribution in [2.75, 3.05) is 13.2 Å². The minimum Gasteiger partial charge on any atom is -0.486 e. The van der Waals surface area contributed by atoms with Crippen LogP contribution in [0.25, 0.3) is 16.2 Å². The van der Waals surface area contributed by atoms with Crippen LogP contribution in [-0.2, 0) is 6.18 Å². The molecule has 4 aromatic rings. The number of para-hydroxylation sites is 2. The molecular weight excluding hydrogens is 445 g/mol. The molecule has 1 aliphatic heterocycles. The number of nitrogens with zero attached hydrogens (tertiary/aromatic N) is 3. The summed E-state index contributed by atoms with van der Waals surface area (Å²) in [4.78, 5) is 17.6. The van der Waals surface area contributed by atoms with Crippen molar-refractivity contribution in [2.45, 2.75) is 12.3 Å². The fourth-order valence-corrected chi connectivity index (χ4v) is 4.03. The largest absolute Gasteiger partial charge is 0.486 e. The number of amides is 1. The van der Waals surface area contributed by atoms with Gasteiger partial charge in [0.25, 0.3) is 5.91 Å². The summed E-state index contributed by atoms with van der Waals surface area (Å²) in [6.07, 6.45) is -4.04. The summed E-state index contributed by atoms with van der Waals surface area (Å²) < 4.78 is 53.0. The second kappa shape index (κ2) is 7.83. The Morgan fingerprint density at radius 1 is 1.22 bits per heavy atom. The first-order valence-electron chi connectivity index (χ1n) is 9.56. The highest BCUT2D eigenvalue weighted by molar-refractivity contribution is 7.13. The zero-order chi connectivity index (χ0) is 22.3. The summed E-state index contributed by atoms with van der Waals surface area (Å²) in [7, 11) is 0. The molecule has 3 aromatic heterocycles. The molecule has 0 radical (unpaired) electrons. The SMILES string of the molecule is O=C(NCC1COc2ccccc2O1)c1cnn2c(C(F)(F)F)cc(-c3cccs3)nc12. The third kappa shape index (κ3) is 3.75. The molecule has 0 saturated carbocycles. The lowest BCUT2D eigenvalue weighted by Gasteiger charge is -2.26. The van der Waals surface area contributed by atoms with E-state index in [4.69, 9.17) is 9.47 Å². The van der Waals surface area contributed by atoms with Crippen molar-refractivity contribution in [1.29, 1.82) is 0 Å². The summed E-state index contributed by atoms with van der Waals surface area (Å²) in [5, 5.41) is 8.19. The number of aromatic nitrogens is 3. The third-order valence-electron chi connectivity index (χ3n) is 4.84. The Morgan fingerprint density at radius 3 is 2.78 bits per heavy atom. The molecule has 4 heterocycles. The molecule has 1 atom stereocenters. The third-order valence-corrected chi connectivity index (χ3v) is 5.73. The zero-order valence-corrected chi connectivity index (χ0v) is 17.1. The molecular formula is C21H15F3N4O3S. The van der Waals surface area contributed by atoms with Gasteiger partial charge in [-0.3, -0.25) is 4.79 Å². The number of thiophene rings is 1. The highest BCUT2D eigenvalue weighted by Crippen LogP contribution is 2.34. The Balaban J connectivity index is 1.41. The molecule has 1 amide bonds. The zero-order valence-electron chi connectivity index (χ0n) is 16.3. The molecule has 0 fully saturated rings. The Morgan fingerprint density at radius 2 is 2.03 bits per heavy atom. The molecule has 5 rings (SSSR count). The maximum absolute atomic E-state index is 13.6. The minimum atomic E-state index is -4.67. The summed E-state index contributed by atoms with van der Waals surface area (Å²) in [6.45, 7) is 0.326. The van der Waals surface area contributed by atoms with E-state index in [-0.39, 0.29) is 30.1 Å². The van der Waals surface area contributed by atoms with Gasteiger partial charge in [0.2, 0.25) is 0 Å². The van der Waals surface area contributed by atoms with Crippen molar-refractivity contribution in [1.82, 2.24) is 19.9 Å². The lowest BCUT2D eigenvalue weighted by molar-refractivity contribution is -0.142. The maximum atomic E-state index is 13.6. The number of alkyl halides is 3. The van der Waals surface area contributed by atoms with E-state index in [1.807, 2.05) is 6.07 Å². The minimum absolute atomic E-state index is 0.0639. The van der Waals surface area contributed by atoms with E-state index in [1.165, 1.54) is 11.3 Å². The van der Waals surface area contributed by atoms with Gasteiger partial charge < -0.3 is 14.8 Å². The van der Waals surface area contributed by atoms with Crippen LogP contribution >= 0.6 is 11.3 Å². The quantitative estimate of drug-likeness (QED) is 0.497. The average Bonchev–Trinajstić information content (AvgIpc) is 3.46. The van der Waals surface area contributed by atoms with E-state index in [2.05, 4.69) is 15.4 Å². The first-order valence-corrected chi connectivity index (χ1v) is 10.4. The van der Waals surface area contributed by atoms with Crippen molar-refractivity contribution in [3.05, 3.63) is 65.3 Å². The molecule has 0 spiro atoms. The van der Waals surface area contributed by atoms with Crippen LogP contribution in [-0.4, -0.2) is 39.8 Å². The van der Waals surface area contributed by atoms with Crippen LogP contribution in [0, 0.1) is 0 Å². The second-order valence-electron chi connectivity index (χ2n) is 7.00. The Bertz CT molecular complexity index is 1290. The molecule has 32 heavy (non-hydrogen) atoms. The predicted octanol–water partition coefficient (Wildman–Crippen LogP) is 4.05. The summed E-state index contributed by atoms with van der Waals surface area (Å²) >= 11 is 1.25. The summed E-state index contributed by atoms with van der Waals surface area (Å²) in [5.41, 5.74) is -1.13. The molecule has 0 bridgehead atoms. The topological polar surface area (TPSA) is 77.8 Å². The van der Waals surface area contributed by atoms with E-state index >= 15 is 0 Å². The van der Waals surface area contributed by atoms with Gasteiger partial charge in [-0.1, -0.05) is 18.2 Å². The molecule has 1 aromatic carbocycles. The Kier molecular flexibility index (Phi) is 4.97. The number of rotatable bonds is 4. The van der Waals surface area contributed by atoms with Crippen LogP contribution < -0.4 is 14.8 Å². The molecule has 164 valence electrons. The van der Waals surface area contributed by atoms with Gasteiger partial charge in [-0.05, 0) is 29.6 Å². The number of ether oxygens (including phenoxy) is 2. The van der Waals surface area contributed by atoms with Crippen LogP contribution in [0.2, 0.25) is 0 Å². The number of hydrogen-bond acceptors (Lipinski definition) is 6. The average molecular weight is 460 g/mol. The van der Waals surface area contributed by atoms with Gasteiger partial charge in [0.05, 0.1) is 23.3 Å². The van der Waals surface area contributed by atoms with Crippen molar-refractivity contribution >= 4 is 22.9 Å². The second-order valence-corrected chi connectivity index (χ2v) is 7.95. The van der Waals surface area contributed by atoms with Gasteiger partial charge in [-0.25, -0.2) is 9.50 Å². The normalized spacial score (nSPS) is 15.7.